The van der Waals surface area contributed by atoms with Crippen molar-refractivity contribution in [2.75, 3.05) is 18.1 Å². The fourth-order valence-corrected chi connectivity index (χ4v) is 1.79. The Morgan fingerprint density at radius 3 is 3.12 bits per heavy atom. The van der Waals surface area contributed by atoms with E-state index < -0.39 is 6.04 Å². The summed E-state index contributed by atoms with van der Waals surface area (Å²) in [6.07, 6.45) is 1.25. The van der Waals surface area contributed by atoms with Crippen molar-refractivity contribution in [3.8, 4) is 5.75 Å². The molecule has 0 fully saturated rings. The third-order valence-corrected chi connectivity index (χ3v) is 2.57. The Balaban J connectivity index is 2.49. The highest BCUT2D eigenvalue weighted by Crippen LogP contribution is 2.36. The van der Waals surface area contributed by atoms with Crippen LogP contribution in [-0.2, 0) is 4.79 Å². The van der Waals surface area contributed by atoms with Crippen LogP contribution in [0.1, 0.15) is 6.92 Å². The Hall–Kier alpha value is -1.40. The molecule has 0 unspecified atom stereocenters. The molecule has 0 aromatic carbocycles. The first-order valence-corrected chi connectivity index (χ1v) is 5.07. The number of aromatic nitrogens is 2. The molecule has 16 heavy (non-hydrogen) atoms. The highest BCUT2D eigenvalue weighted by Gasteiger charge is 2.32. The number of amides is 1. The molecule has 0 aliphatic carbocycles. The van der Waals surface area contributed by atoms with Gasteiger partial charge in [0.1, 0.15) is 12.9 Å². The first-order chi connectivity index (χ1) is 7.65. The number of hydrogen-bond acceptors (Lipinski definition) is 5. The summed E-state index contributed by atoms with van der Waals surface area (Å²) in [5.41, 5.74) is 0. The maximum atomic E-state index is 11.5. The average Bonchev–Trinajstić information content (AvgIpc) is 2.27. The molecule has 6 nitrogen and oxygen atoms in total. The summed E-state index contributed by atoms with van der Waals surface area (Å²) in [7, 11) is 0. The number of rotatable bonds is 1. The van der Waals surface area contributed by atoms with E-state index in [0.717, 1.165) is 0 Å². The fourth-order valence-electron chi connectivity index (χ4n) is 1.61. The van der Waals surface area contributed by atoms with Gasteiger partial charge in [-0.05, 0) is 0 Å². The van der Waals surface area contributed by atoms with Crippen LogP contribution < -0.4 is 9.64 Å². The second-order valence-electron chi connectivity index (χ2n) is 3.35. The van der Waals surface area contributed by atoms with Gasteiger partial charge in [0.25, 0.3) is 0 Å². The van der Waals surface area contributed by atoms with Crippen molar-refractivity contribution >= 4 is 23.3 Å². The number of carbonyl (C=O) groups excluding carboxylic acids is 1. The Kier molecular flexibility index (Phi) is 2.93. The second-order valence-corrected chi connectivity index (χ2v) is 3.71. The van der Waals surface area contributed by atoms with Crippen molar-refractivity contribution in [2.45, 2.75) is 13.0 Å². The smallest absolute Gasteiger partial charge is 0.225 e. The van der Waals surface area contributed by atoms with Crippen LogP contribution in [0.5, 0.6) is 5.75 Å². The number of hydrogen-bond donors (Lipinski definition) is 1. The van der Waals surface area contributed by atoms with Gasteiger partial charge in [-0.25, -0.2) is 9.97 Å². The van der Waals surface area contributed by atoms with Gasteiger partial charge in [0, 0.05) is 6.92 Å². The van der Waals surface area contributed by atoms with Crippen LogP contribution in [0, 0.1) is 0 Å². The van der Waals surface area contributed by atoms with Crippen molar-refractivity contribution in [3.05, 3.63) is 11.5 Å². The Morgan fingerprint density at radius 1 is 1.75 bits per heavy atom. The zero-order chi connectivity index (χ0) is 11.7. The second kappa shape index (κ2) is 4.23. The highest BCUT2D eigenvalue weighted by atomic mass is 35.5. The molecule has 1 N–H and O–H groups in total. The topological polar surface area (TPSA) is 75.6 Å². The van der Waals surface area contributed by atoms with Gasteiger partial charge >= 0.3 is 0 Å². The van der Waals surface area contributed by atoms with Crippen molar-refractivity contribution in [3.63, 3.8) is 0 Å². The van der Waals surface area contributed by atoms with Gasteiger partial charge in [-0.15, -0.1) is 0 Å². The molecule has 1 amide bonds. The van der Waals surface area contributed by atoms with E-state index in [1.807, 2.05) is 0 Å². The quantitative estimate of drug-likeness (QED) is 0.715. The van der Waals surface area contributed by atoms with Crippen molar-refractivity contribution in [2.24, 2.45) is 0 Å². The number of aliphatic hydroxyl groups excluding tert-OH is 1. The number of ether oxygens (including phenoxy) is 1. The Bertz CT molecular complexity index is 426. The number of halogens is 1. The van der Waals surface area contributed by atoms with Crippen LogP contribution in [-0.4, -0.2) is 40.2 Å². The van der Waals surface area contributed by atoms with E-state index in [2.05, 4.69) is 9.97 Å². The third kappa shape index (κ3) is 1.70. The first kappa shape index (κ1) is 11.1. The maximum absolute atomic E-state index is 11.5. The largest absolute Gasteiger partial charge is 0.485 e. The molecule has 1 aliphatic rings. The minimum Gasteiger partial charge on any atom is -0.485 e. The normalized spacial score (nSPS) is 18.9. The predicted molar refractivity (Wildman–Crippen MR) is 56.6 cm³/mol. The molecule has 0 bridgehead atoms. The van der Waals surface area contributed by atoms with Crippen LogP contribution in [0.15, 0.2) is 6.33 Å². The standard InChI is InChI=1S/C9H10ClN3O3/c1-5(15)13-6(2-14)3-16-7-8(10)11-4-12-9(7)13/h4,6,14H,2-3H2,1H3/t6-/m0/s1. The minimum absolute atomic E-state index is 0.160. The van der Waals surface area contributed by atoms with E-state index >= 15 is 0 Å². The van der Waals surface area contributed by atoms with Crippen LogP contribution >= 0.6 is 11.6 Å². The maximum Gasteiger partial charge on any atom is 0.225 e. The van der Waals surface area contributed by atoms with Gasteiger partial charge < -0.3 is 9.84 Å². The lowest BCUT2D eigenvalue weighted by Gasteiger charge is -2.34. The Labute approximate surface area is 96.8 Å². The lowest BCUT2D eigenvalue weighted by atomic mass is 10.2. The number of anilines is 1. The molecular weight excluding hydrogens is 234 g/mol. The third-order valence-electron chi connectivity index (χ3n) is 2.30. The highest BCUT2D eigenvalue weighted by molar-refractivity contribution is 6.31. The molecular formula is C9H10ClN3O3. The Morgan fingerprint density at radius 2 is 2.50 bits per heavy atom. The monoisotopic (exact) mass is 243 g/mol. The number of fused-ring (bicyclic) bond motifs is 1. The van der Waals surface area contributed by atoms with Crippen LogP contribution in [0.3, 0.4) is 0 Å². The summed E-state index contributed by atoms with van der Waals surface area (Å²) < 4.78 is 5.33. The molecule has 1 aliphatic heterocycles. The molecule has 2 heterocycles. The zero-order valence-corrected chi connectivity index (χ0v) is 9.31. The lowest BCUT2D eigenvalue weighted by Crippen LogP contribution is -2.48. The molecule has 2 rings (SSSR count). The summed E-state index contributed by atoms with van der Waals surface area (Å²) in [6.45, 7) is 1.38. The van der Waals surface area contributed by atoms with Crippen molar-refractivity contribution < 1.29 is 14.6 Å². The molecule has 1 aromatic heterocycles. The van der Waals surface area contributed by atoms with E-state index in [0.29, 0.717) is 5.82 Å². The van der Waals surface area contributed by atoms with Gasteiger partial charge in [0.15, 0.2) is 16.7 Å². The summed E-state index contributed by atoms with van der Waals surface area (Å²) >= 11 is 5.83. The lowest BCUT2D eigenvalue weighted by molar-refractivity contribution is -0.117. The summed E-state index contributed by atoms with van der Waals surface area (Å²) in [5.74, 6) is 0.361. The van der Waals surface area contributed by atoms with Crippen LogP contribution in [0.2, 0.25) is 5.15 Å². The molecule has 0 saturated carbocycles. The molecule has 1 atom stereocenters. The minimum atomic E-state index is -0.434. The van der Waals surface area contributed by atoms with Crippen molar-refractivity contribution in [1.82, 2.24) is 9.97 Å². The van der Waals surface area contributed by atoms with Gasteiger partial charge in [-0.3, -0.25) is 9.69 Å². The number of aliphatic hydroxyl groups is 1. The zero-order valence-electron chi connectivity index (χ0n) is 8.55. The molecule has 86 valence electrons. The molecule has 0 radical (unpaired) electrons. The van der Waals surface area contributed by atoms with E-state index in [9.17, 15) is 4.79 Å². The van der Waals surface area contributed by atoms with Crippen LogP contribution in [0.25, 0.3) is 0 Å². The van der Waals surface area contributed by atoms with E-state index in [1.165, 1.54) is 18.2 Å². The van der Waals surface area contributed by atoms with Gasteiger partial charge in [0.05, 0.1) is 12.6 Å². The van der Waals surface area contributed by atoms with E-state index in [-0.39, 0.29) is 30.0 Å². The van der Waals surface area contributed by atoms with E-state index in [1.54, 1.807) is 0 Å². The van der Waals surface area contributed by atoms with Gasteiger partial charge in [-0.1, -0.05) is 11.6 Å². The summed E-state index contributed by atoms with van der Waals surface area (Å²) in [6, 6.07) is -0.434. The SMILES string of the molecule is CC(=O)N1c2ncnc(Cl)c2OC[C@@H]1CO. The number of carbonyl (C=O) groups is 1. The van der Waals surface area contributed by atoms with E-state index in [4.69, 9.17) is 21.4 Å². The summed E-state index contributed by atoms with van der Waals surface area (Å²) in [5, 5.41) is 9.31. The van der Waals surface area contributed by atoms with Gasteiger partial charge in [0.2, 0.25) is 5.91 Å². The first-order valence-electron chi connectivity index (χ1n) is 4.69. The fraction of sp³-hybridized carbons (Fsp3) is 0.444. The van der Waals surface area contributed by atoms with Crippen LogP contribution in [0.4, 0.5) is 5.82 Å². The molecule has 7 heteroatoms. The summed E-state index contributed by atoms with van der Waals surface area (Å²) in [4.78, 5) is 20.6. The molecule has 0 spiro atoms. The molecule has 1 aromatic rings. The number of nitrogens with zero attached hydrogens (tertiary/aromatic N) is 3. The van der Waals surface area contributed by atoms with Gasteiger partial charge in [-0.2, -0.15) is 0 Å². The van der Waals surface area contributed by atoms with Crippen molar-refractivity contribution in [1.29, 1.82) is 0 Å². The molecule has 0 saturated heterocycles. The average molecular weight is 244 g/mol. The predicted octanol–water partition coefficient (Wildman–Crippen LogP) is 0.236.